The summed E-state index contributed by atoms with van der Waals surface area (Å²) in [5.41, 5.74) is 2.11. The Balaban J connectivity index is 2.49. The predicted octanol–water partition coefficient (Wildman–Crippen LogP) is 3.08. The summed E-state index contributed by atoms with van der Waals surface area (Å²) in [5, 5.41) is 9.73. The molecule has 0 saturated carbocycles. The van der Waals surface area contributed by atoms with Gasteiger partial charge in [-0.25, -0.2) is 0 Å². The van der Waals surface area contributed by atoms with E-state index in [1.807, 2.05) is 37.3 Å². The third kappa shape index (κ3) is 3.43. The van der Waals surface area contributed by atoms with Gasteiger partial charge in [0.25, 0.3) is 0 Å². The summed E-state index contributed by atoms with van der Waals surface area (Å²) in [6, 6.07) is 9.74. The number of aliphatic hydroxyl groups excluding tert-OH is 1. The highest BCUT2D eigenvalue weighted by molar-refractivity contribution is 5.17. The van der Waals surface area contributed by atoms with E-state index in [-0.39, 0.29) is 6.10 Å². The zero-order chi connectivity index (χ0) is 9.68. The molecule has 0 aliphatic carbocycles. The quantitative estimate of drug-likeness (QED) is 0.699. The zero-order valence-corrected chi connectivity index (χ0v) is 8.03. The van der Waals surface area contributed by atoms with Gasteiger partial charge < -0.3 is 5.11 Å². The Hall–Kier alpha value is -1.08. The minimum Gasteiger partial charge on any atom is -0.388 e. The van der Waals surface area contributed by atoms with Crippen LogP contribution in [0.2, 0.25) is 0 Å². The minimum atomic E-state index is -0.349. The standard InChI is InChI=1S/C12H16O/c1-10(2)8-9-12(13)11-6-4-3-5-7-11/h3-7,12-13H,1,8-9H2,2H3. The molecule has 0 aliphatic rings. The summed E-state index contributed by atoms with van der Waals surface area (Å²) in [6.07, 6.45) is 1.30. The molecule has 0 saturated heterocycles. The molecule has 0 fully saturated rings. The van der Waals surface area contributed by atoms with Gasteiger partial charge in [-0.2, -0.15) is 0 Å². The van der Waals surface area contributed by atoms with Gasteiger partial charge in [0.15, 0.2) is 0 Å². The largest absolute Gasteiger partial charge is 0.388 e. The van der Waals surface area contributed by atoms with Crippen molar-refractivity contribution in [3.8, 4) is 0 Å². The van der Waals surface area contributed by atoms with Crippen LogP contribution in [0.15, 0.2) is 42.5 Å². The van der Waals surface area contributed by atoms with Gasteiger partial charge in [0, 0.05) is 0 Å². The summed E-state index contributed by atoms with van der Waals surface area (Å²) in [7, 11) is 0. The number of benzene rings is 1. The zero-order valence-electron chi connectivity index (χ0n) is 8.03. The Morgan fingerprint density at radius 3 is 2.54 bits per heavy atom. The first kappa shape index (κ1) is 10.0. The summed E-state index contributed by atoms with van der Waals surface area (Å²) >= 11 is 0. The maximum Gasteiger partial charge on any atom is 0.0793 e. The Bertz CT molecular complexity index is 264. The number of rotatable bonds is 4. The van der Waals surface area contributed by atoms with E-state index in [0.717, 1.165) is 24.0 Å². The van der Waals surface area contributed by atoms with Crippen molar-refractivity contribution in [1.29, 1.82) is 0 Å². The molecule has 0 spiro atoms. The topological polar surface area (TPSA) is 20.2 Å². The van der Waals surface area contributed by atoms with E-state index in [9.17, 15) is 5.11 Å². The molecule has 0 amide bonds. The lowest BCUT2D eigenvalue weighted by atomic mass is 10.0. The number of hydrogen-bond donors (Lipinski definition) is 1. The van der Waals surface area contributed by atoms with Gasteiger partial charge in [0.05, 0.1) is 6.10 Å². The molecule has 13 heavy (non-hydrogen) atoms. The lowest BCUT2D eigenvalue weighted by molar-refractivity contribution is 0.168. The molecule has 1 heteroatoms. The second-order valence-electron chi connectivity index (χ2n) is 3.42. The maximum absolute atomic E-state index is 9.73. The first-order valence-electron chi connectivity index (χ1n) is 4.57. The van der Waals surface area contributed by atoms with E-state index in [1.54, 1.807) is 0 Å². The van der Waals surface area contributed by atoms with Gasteiger partial charge in [-0.1, -0.05) is 35.9 Å². The van der Waals surface area contributed by atoms with Crippen LogP contribution in [-0.2, 0) is 0 Å². The van der Waals surface area contributed by atoms with Gasteiger partial charge >= 0.3 is 0 Å². The van der Waals surface area contributed by atoms with E-state index >= 15 is 0 Å². The van der Waals surface area contributed by atoms with E-state index in [2.05, 4.69) is 6.58 Å². The molecule has 1 aromatic carbocycles. The van der Waals surface area contributed by atoms with Crippen molar-refractivity contribution in [3.05, 3.63) is 48.0 Å². The van der Waals surface area contributed by atoms with Crippen molar-refractivity contribution in [2.45, 2.75) is 25.9 Å². The summed E-state index contributed by atoms with van der Waals surface area (Å²) in [5.74, 6) is 0. The van der Waals surface area contributed by atoms with Crippen LogP contribution >= 0.6 is 0 Å². The lowest BCUT2D eigenvalue weighted by Crippen LogP contribution is -1.96. The van der Waals surface area contributed by atoms with Gasteiger partial charge in [0.2, 0.25) is 0 Å². The smallest absolute Gasteiger partial charge is 0.0793 e. The molecule has 1 aromatic rings. The molecule has 0 heterocycles. The monoisotopic (exact) mass is 176 g/mol. The second-order valence-corrected chi connectivity index (χ2v) is 3.42. The molecule has 0 bridgehead atoms. The fourth-order valence-electron chi connectivity index (χ4n) is 1.22. The SMILES string of the molecule is C=C(C)CCC(O)c1ccccc1. The Morgan fingerprint density at radius 1 is 1.38 bits per heavy atom. The first-order chi connectivity index (χ1) is 6.20. The van der Waals surface area contributed by atoms with E-state index in [4.69, 9.17) is 0 Å². The van der Waals surface area contributed by atoms with Crippen LogP contribution in [-0.4, -0.2) is 5.11 Å². The fraction of sp³-hybridized carbons (Fsp3) is 0.333. The van der Waals surface area contributed by atoms with Crippen LogP contribution in [0, 0.1) is 0 Å². The average molecular weight is 176 g/mol. The molecular weight excluding hydrogens is 160 g/mol. The van der Waals surface area contributed by atoms with Crippen molar-refractivity contribution >= 4 is 0 Å². The van der Waals surface area contributed by atoms with Crippen molar-refractivity contribution in [2.75, 3.05) is 0 Å². The van der Waals surface area contributed by atoms with Crippen LogP contribution in [0.25, 0.3) is 0 Å². The van der Waals surface area contributed by atoms with Gasteiger partial charge in [-0.15, -0.1) is 6.58 Å². The summed E-state index contributed by atoms with van der Waals surface area (Å²) in [4.78, 5) is 0. The molecule has 0 aliphatic heterocycles. The Kier molecular flexibility index (Phi) is 3.71. The van der Waals surface area contributed by atoms with Gasteiger partial charge in [-0.05, 0) is 25.3 Å². The molecule has 1 rings (SSSR count). The highest BCUT2D eigenvalue weighted by Crippen LogP contribution is 2.19. The van der Waals surface area contributed by atoms with Crippen molar-refractivity contribution in [3.63, 3.8) is 0 Å². The third-order valence-corrected chi connectivity index (χ3v) is 2.03. The maximum atomic E-state index is 9.73. The van der Waals surface area contributed by atoms with Gasteiger partial charge in [0.1, 0.15) is 0 Å². The van der Waals surface area contributed by atoms with Crippen LogP contribution in [0.1, 0.15) is 31.4 Å². The molecule has 1 nitrogen and oxygen atoms in total. The molecule has 70 valence electrons. The number of allylic oxidation sites excluding steroid dienone is 1. The number of aliphatic hydroxyl groups is 1. The van der Waals surface area contributed by atoms with Crippen LogP contribution < -0.4 is 0 Å². The molecular formula is C12H16O. The minimum absolute atomic E-state index is 0.349. The average Bonchev–Trinajstić information content (AvgIpc) is 2.15. The normalized spacial score (nSPS) is 12.5. The second kappa shape index (κ2) is 4.83. The van der Waals surface area contributed by atoms with Crippen molar-refractivity contribution in [2.24, 2.45) is 0 Å². The highest BCUT2D eigenvalue weighted by atomic mass is 16.3. The summed E-state index contributed by atoms with van der Waals surface area (Å²) < 4.78 is 0. The van der Waals surface area contributed by atoms with Gasteiger partial charge in [-0.3, -0.25) is 0 Å². The molecule has 1 atom stereocenters. The Morgan fingerprint density at radius 2 is 2.00 bits per heavy atom. The summed E-state index contributed by atoms with van der Waals surface area (Å²) in [6.45, 7) is 5.79. The van der Waals surface area contributed by atoms with Crippen LogP contribution in [0.5, 0.6) is 0 Å². The molecule has 0 radical (unpaired) electrons. The predicted molar refractivity (Wildman–Crippen MR) is 55.4 cm³/mol. The number of hydrogen-bond acceptors (Lipinski definition) is 1. The molecule has 1 unspecified atom stereocenters. The first-order valence-corrected chi connectivity index (χ1v) is 4.57. The fourth-order valence-corrected chi connectivity index (χ4v) is 1.22. The molecule has 1 N–H and O–H groups in total. The van der Waals surface area contributed by atoms with Crippen molar-refractivity contribution in [1.82, 2.24) is 0 Å². The third-order valence-electron chi connectivity index (χ3n) is 2.03. The van der Waals surface area contributed by atoms with Crippen LogP contribution in [0.4, 0.5) is 0 Å². The van der Waals surface area contributed by atoms with E-state index in [1.165, 1.54) is 0 Å². The molecule has 0 aromatic heterocycles. The van der Waals surface area contributed by atoms with E-state index in [0.29, 0.717) is 0 Å². The Labute approximate surface area is 79.7 Å². The van der Waals surface area contributed by atoms with E-state index < -0.39 is 0 Å². The lowest BCUT2D eigenvalue weighted by Gasteiger charge is -2.10. The van der Waals surface area contributed by atoms with Crippen molar-refractivity contribution < 1.29 is 5.11 Å². The van der Waals surface area contributed by atoms with Crippen LogP contribution in [0.3, 0.4) is 0 Å². The highest BCUT2D eigenvalue weighted by Gasteiger charge is 2.05.